The van der Waals surface area contributed by atoms with Crippen LogP contribution in [0.25, 0.3) is 0 Å². The van der Waals surface area contributed by atoms with Crippen LogP contribution in [-0.4, -0.2) is 30.7 Å². The van der Waals surface area contributed by atoms with Crippen LogP contribution in [0, 0.1) is 19.8 Å². The van der Waals surface area contributed by atoms with Crippen molar-refractivity contribution in [2.45, 2.75) is 45.1 Å². The van der Waals surface area contributed by atoms with E-state index in [1.54, 1.807) is 13.8 Å². The summed E-state index contributed by atoms with van der Waals surface area (Å²) in [4.78, 5) is 10.7. The molecule has 0 spiro atoms. The Kier molecular flexibility index (Phi) is 4.70. The first-order valence-electron chi connectivity index (χ1n) is 5.82. The molecule has 2 N–H and O–H groups in total. The monoisotopic (exact) mass is 290 g/mol. The molecule has 108 valence electrons. The minimum Gasteiger partial charge on any atom is -0.481 e. The van der Waals surface area contributed by atoms with Crippen molar-refractivity contribution >= 4 is 16.0 Å². The summed E-state index contributed by atoms with van der Waals surface area (Å²) < 4.78 is 31.7. The second kappa shape index (κ2) is 5.70. The van der Waals surface area contributed by atoms with Gasteiger partial charge in [0, 0.05) is 6.04 Å². The van der Waals surface area contributed by atoms with Crippen LogP contribution in [0.2, 0.25) is 0 Å². The number of nitrogens with zero attached hydrogens (tertiary/aromatic N) is 1. The predicted molar refractivity (Wildman–Crippen MR) is 67.2 cm³/mol. The van der Waals surface area contributed by atoms with Gasteiger partial charge in [-0.1, -0.05) is 19.0 Å². The van der Waals surface area contributed by atoms with E-state index in [0.29, 0.717) is 0 Å². The molecule has 0 saturated carbocycles. The summed E-state index contributed by atoms with van der Waals surface area (Å²) in [7, 11) is -3.84. The highest BCUT2D eigenvalue weighted by atomic mass is 32.2. The molecule has 0 fully saturated rings. The van der Waals surface area contributed by atoms with Gasteiger partial charge in [0.15, 0.2) is 5.76 Å². The number of rotatable bonds is 6. The number of aliphatic carboxylic acids is 1. The van der Waals surface area contributed by atoms with Crippen molar-refractivity contribution in [1.82, 2.24) is 9.88 Å². The van der Waals surface area contributed by atoms with Gasteiger partial charge in [-0.15, -0.1) is 0 Å². The zero-order valence-electron chi connectivity index (χ0n) is 11.3. The lowest BCUT2D eigenvalue weighted by molar-refractivity contribution is -0.137. The summed E-state index contributed by atoms with van der Waals surface area (Å²) in [6.45, 7) is 6.52. The Hall–Kier alpha value is -1.41. The molecule has 7 nitrogen and oxygen atoms in total. The van der Waals surface area contributed by atoms with Crippen LogP contribution in [0.4, 0.5) is 0 Å². The standard InChI is InChI=1S/C11H18N2O5S/c1-6(2)9(5-10(14)15)13-19(16,17)11-7(3)12-18-8(11)4/h6,9,13H,5H2,1-4H3,(H,14,15). The van der Waals surface area contributed by atoms with Crippen LogP contribution in [0.1, 0.15) is 31.7 Å². The Labute approximate surface area is 112 Å². The molecule has 0 amide bonds. The molecule has 0 radical (unpaired) electrons. The Morgan fingerprint density at radius 1 is 1.42 bits per heavy atom. The summed E-state index contributed by atoms with van der Waals surface area (Å²) in [5.74, 6) is -1.02. The van der Waals surface area contributed by atoms with E-state index in [2.05, 4.69) is 9.88 Å². The third-order valence-corrected chi connectivity index (χ3v) is 4.48. The summed E-state index contributed by atoms with van der Waals surface area (Å²) in [6.07, 6.45) is -0.278. The molecule has 19 heavy (non-hydrogen) atoms. The molecule has 1 aromatic rings. The Balaban J connectivity index is 3.04. The molecule has 0 aliphatic carbocycles. The zero-order valence-corrected chi connectivity index (χ0v) is 12.1. The van der Waals surface area contributed by atoms with Gasteiger partial charge in [0.05, 0.1) is 6.42 Å². The maximum atomic E-state index is 12.2. The van der Waals surface area contributed by atoms with Gasteiger partial charge in [-0.3, -0.25) is 4.79 Å². The van der Waals surface area contributed by atoms with E-state index in [9.17, 15) is 13.2 Å². The van der Waals surface area contributed by atoms with Gasteiger partial charge in [-0.2, -0.15) is 0 Å². The number of aryl methyl sites for hydroxylation is 2. The van der Waals surface area contributed by atoms with Crippen LogP contribution >= 0.6 is 0 Å². The lowest BCUT2D eigenvalue weighted by Crippen LogP contribution is -2.40. The average molecular weight is 290 g/mol. The van der Waals surface area contributed by atoms with Crippen molar-refractivity contribution in [3.8, 4) is 0 Å². The molecule has 0 bridgehead atoms. The van der Waals surface area contributed by atoms with Gasteiger partial charge in [-0.05, 0) is 19.8 Å². The molecular formula is C11H18N2O5S. The second-order valence-electron chi connectivity index (χ2n) is 4.72. The molecule has 1 atom stereocenters. The minimum atomic E-state index is -3.84. The van der Waals surface area contributed by atoms with E-state index < -0.39 is 22.0 Å². The predicted octanol–water partition coefficient (Wildman–Crippen LogP) is 1.07. The van der Waals surface area contributed by atoms with Gasteiger partial charge in [0.25, 0.3) is 0 Å². The number of carboxylic acid groups (broad SMARTS) is 1. The summed E-state index contributed by atoms with van der Waals surface area (Å²) in [5.41, 5.74) is 0.253. The largest absolute Gasteiger partial charge is 0.481 e. The molecular weight excluding hydrogens is 272 g/mol. The third kappa shape index (κ3) is 3.77. The highest BCUT2D eigenvalue weighted by molar-refractivity contribution is 7.89. The van der Waals surface area contributed by atoms with E-state index in [4.69, 9.17) is 9.63 Å². The van der Waals surface area contributed by atoms with Crippen LogP contribution in [0.3, 0.4) is 0 Å². The quantitative estimate of drug-likeness (QED) is 0.811. The smallest absolute Gasteiger partial charge is 0.304 e. The molecule has 0 saturated heterocycles. The molecule has 8 heteroatoms. The van der Waals surface area contributed by atoms with Crippen LogP contribution < -0.4 is 4.72 Å². The van der Waals surface area contributed by atoms with Crippen LogP contribution in [0.5, 0.6) is 0 Å². The fourth-order valence-electron chi connectivity index (χ4n) is 1.72. The topological polar surface area (TPSA) is 110 Å². The molecule has 1 aromatic heterocycles. The van der Waals surface area contributed by atoms with E-state index in [-0.39, 0.29) is 28.7 Å². The first kappa shape index (κ1) is 15.6. The molecule has 1 rings (SSSR count). The van der Waals surface area contributed by atoms with Gasteiger partial charge in [0.1, 0.15) is 10.6 Å². The normalized spacial score (nSPS) is 13.7. The van der Waals surface area contributed by atoms with Crippen molar-refractivity contribution in [2.24, 2.45) is 5.92 Å². The lowest BCUT2D eigenvalue weighted by Gasteiger charge is -2.20. The highest BCUT2D eigenvalue weighted by Gasteiger charge is 2.29. The Morgan fingerprint density at radius 3 is 2.37 bits per heavy atom. The van der Waals surface area contributed by atoms with E-state index in [1.807, 2.05) is 0 Å². The van der Waals surface area contributed by atoms with Crippen LogP contribution in [0.15, 0.2) is 9.42 Å². The summed E-state index contributed by atoms with van der Waals surface area (Å²) >= 11 is 0. The maximum absolute atomic E-state index is 12.2. The minimum absolute atomic E-state index is 0.0245. The van der Waals surface area contributed by atoms with E-state index in [1.165, 1.54) is 13.8 Å². The number of hydrogen-bond acceptors (Lipinski definition) is 5. The summed E-state index contributed by atoms with van der Waals surface area (Å²) in [6, 6.07) is -0.684. The number of carboxylic acids is 1. The van der Waals surface area contributed by atoms with Gasteiger partial charge < -0.3 is 9.63 Å². The molecule has 1 unspecified atom stereocenters. The number of sulfonamides is 1. The van der Waals surface area contributed by atoms with Crippen molar-refractivity contribution in [2.75, 3.05) is 0 Å². The number of hydrogen-bond donors (Lipinski definition) is 2. The number of aromatic nitrogens is 1. The SMILES string of the molecule is Cc1noc(C)c1S(=O)(=O)NC(CC(=O)O)C(C)C. The maximum Gasteiger partial charge on any atom is 0.304 e. The molecule has 0 aromatic carbocycles. The Morgan fingerprint density at radius 2 is 2.00 bits per heavy atom. The van der Waals surface area contributed by atoms with Gasteiger partial charge >= 0.3 is 5.97 Å². The molecule has 0 aliphatic heterocycles. The van der Waals surface area contributed by atoms with E-state index in [0.717, 1.165) is 0 Å². The number of nitrogens with one attached hydrogen (secondary N) is 1. The Bertz CT molecular complexity index is 542. The average Bonchev–Trinajstić information content (AvgIpc) is 2.56. The molecule has 1 heterocycles. The van der Waals surface area contributed by atoms with Gasteiger partial charge in [-0.25, -0.2) is 13.1 Å². The number of carbonyl (C=O) groups is 1. The molecule has 0 aliphatic rings. The van der Waals surface area contributed by atoms with Crippen LogP contribution in [-0.2, 0) is 14.8 Å². The van der Waals surface area contributed by atoms with Crippen molar-refractivity contribution in [3.63, 3.8) is 0 Å². The second-order valence-corrected chi connectivity index (χ2v) is 6.37. The van der Waals surface area contributed by atoms with Crippen molar-refractivity contribution in [3.05, 3.63) is 11.5 Å². The van der Waals surface area contributed by atoms with Gasteiger partial charge in [0.2, 0.25) is 10.0 Å². The zero-order chi connectivity index (χ0) is 14.8. The van der Waals surface area contributed by atoms with E-state index >= 15 is 0 Å². The lowest BCUT2D eigenvalue weighted by atomic mass is 10.0. The fourth-order valence-corrected chi connectivity index (χ4v) is 3.43. The fraction of sp³-hybridized carbons (Fsp3) is 0.636. The third-order valence-electron chi connectivity index (χ3n) is 2.74. The van der Waals surface area contributed by atoms with Crippen molar-refractivity contribution < 1.29 is 22.8 Å². The first-order valence-corrected chi connectivity index (χ1v) is 7.30. The first-order chi connectivity index (χ1) is 8.65. The highest BCUT2D eigenvalue weighted by Crippen LogP contribution is 2.20. The summed E-state index contributed by atoms with van der Waals surface area (Å²) in [5, 5.41) is 12.4. The van der Waals surface area contributed by atoms with Crippen molar-refractivity contribution in [1.29, 1.82) is 0 Å².